The number of hydrogen-bond acceptors (Lipinski definition) is 3. The Bertz CT molecular complexity index is 499. The van der Waals surface area contributed by atoms with Crippen LogP contribution in [0.2, 0.25) is 0 Å². The first-order chi connectivity index (χ1) is 10.1. The molecular weight excluding hydrogens is 266 g/mol. The third kappa shape index (κ3) is 4.29. The molecule has 1 fully saturated rings. The van der Waals surface area contributed by atoms with Crippen LogP contribution >= 0.6 is 0 Å². The Morgan fingerprint density at radius 2 is 1.67 bits per heavy atom. The number of carbonyl (C=O) groups excluding carboxylic acids is 2. The molecule has 2 amide bonds. The molecule has 2 rings (SSSR count). The van der Waals surface area contributed by atoms with Crippen molar-refractivity contribution in [2.75, 3.05) is 17.2 Å². The number of rotatable bonds is 4. The van der Waals surface area contributed by atoms with Crippen molar-refractivity contribution in [2.24, 2.45) is 17.6 Å². The van der Waals surface area contributed by atoms with E-state index in [0.717, 1.165) is 37.1 Å². The van der Waals surface area contributed by atoms with Crippen molar-refractivity contribution in [3.05, 3.63) is 24.3 Å². The Kier molecular flexibility index (Phi) is 5.33. The summed E-state index contributed by atoms with van der Waals surface area (Å²) in [5, 5.41) is 5.65. The van der Waals surface area contributed by atoms with E-state index in [9.17, 15) is 9.59 Å². The largest absolute Gasteiger partial charge is 0.330 e. The van der Waals surface area contributed by atoms with Gasteiger partial charge >= 0.3 is 0 Å². The van der Waals surface area contributed by atoms with Crippen LogP contribution in [0, 0.1) is 11.8 Å². The van der Waals surface area contributed by atoms with Gasteiger partial charge in [-0.15, -0.1) is 0 Å². The van der Waals surface area contributed by atoms with Gasteiger partial charge in [0.2, 0.25) is 11.8 Å². The Morgan fingerprint density at radius 3 is 2.24 bits per heavy atom. The molecule has 0 bridgehead atoms. The van der Waals surface area contributed by atoms with Gasteiger partial charge in [0, 0.05) is 24.2 Å². The summed E-state index contributed by atoms with van der Waals surface area (Å²) in [6.07, 6.45) is 4.21. The van der Waals surface area contributed by atoms with E-state index in [2.05, 4.69) is 10.6 Å². The molecule has 0 saturated heterocycles. The van der Waals surface area contributed by atoms with Crippen molar-refractivity contribution in [1.29, 1.82) is 0 Å². The fourth-order valence-electron chi connectivity index (χ4n) is 2.91. The molecule has 2 atom stereocenters. The summed E-state index contributed by atoms with van der Waals surface area (Å²) in [6, 6.07) is 7.14. The lowest BCUT2D eigenvalue weighted by atomic mass is 9.78. The molecule has 5 heteroatoms. The van der Waals surface area contributed by atoms with Crippen LogP contribution in [0.1, 0.15) is 32.6 Å². The molecule has 0 spiro atoms. The number of hydrogen-bond donors (Lipinski definition) is 3. The minimum absolute atomic E-state index is 0.0128. The van der Waals surface area contributed by atoms with Gasteiger partial charge in [-0.05, 0) is 49.6 Å². The third-order valence-electron chi connectivity index (χ3n) is 4.02. The second-order valence-corrected chi connectivity index (χ2v) is 5.63. The first-order valence-corrected chi connectivity index (χ1v) is 7.48. The smallest absolute Gasteiger partial charge is 0.227 e. The summed E-state index contributed by atoms with van der Waals surface area (Å²) in [5.41, 5.74) is 7.24. The Hall–Kier alpha value is -1.88. The van der Waals surface area contributed by atoms with Gasteiger partial charge in [-0.1, -0.05) is 12.8 Å². The van der Waals surface area contributed by atoms with Gasteiger partial charge in [-0.2, -0.15) is 0 Å². The average Bonchev–Trinajstić information content (AvgIpc) is 2.48. The topological polar surface area (TPSA) is 84.2 Å². The summed E-state index contributed by atoms with van der Waals surface area (Å²) < 4.78 is 0. The van der Waals surface area contributed by atoms with E-state index in [-0.39, 0.29) is 23.7 Å². The minimum Gasteiger partial charge on any atom is -0.330 e. The van der Waals surface area contributed by atoms with Crippen LogP contribution in [0.15, 0.2) is 24.3 Å². The fraction of sp³-hybridized carbons (Fsp3) is 0.500. The molecule has 2 unspecified atom stereocenters. The van der Waals surface area contributed by atoms with Gasteiger partial charge in [0.15, 0.2) is 0 Å². The molecule has 1 aromatic carbocycles. The van der Waals surface area contributed by atoms with Crippen molar-refractivity contribution in [3.63, 3.8) is 0 Å². The average molecular weight is 289 g/mol. The molecule has 1 aliphatic carbocycles. The highest BCUT2D eigenvalue weighted by Gasteiger charge is 2.29. The second-order valence-electron chi connectivity index (χ2n) is 5.63. The molecule has 1 aromatic rings. The van der Waals surface area contributed by atoms with E-state index < -0.39 is 0 Å². The number of nitrogens with one attached hydrogen (secondary N) is 2. The lowest BCUT2D eigenvalue weighted by molar-refractivity contribution is -0.122. The summed E-state index contributed by atoms with van der Waals surface area (Å²) >= 11 is 0. The van der Waals surface area contributed by atoms with E-state index in [1.807, 2.05) is 0 Å². The predicted octanol–water partition coefficient (Wildman–Crippen LogP) is 2.35. The van der Waals surface area contributed by atoms with Gasteiger partial charge in [-0.25, -0.2) is 0 Å². The summed E-state index contributed by atoms with van der Waals surface area (Å²) in [4.78, 5) is 23.3. The highest BCUT2D eigenvalue weighted by molar-refractivity contribution is 5.93. The van der Waals surface area contributed by atoms with Crippen molar-refractivity contribution < 1.29 is 9.59 Å². The molecular formula is C16H23N3O2. The molecule has 0 aliphatic heterocycles. The van der Waals surface area contributed by atoms with E-state index in [0.29, 0.717) is 6.54 Å². The molecule has 0 aromatic heterocycles. The van der Waals surface area contributed by atoms with Crippen LogP contribution < -0.4 is 16.4 Å². The lowest BCUT2D eigenvalue weighted by Gasteiger charge is -2.29. The Balaban J connectivity index is 1.96. The van der Waals surface area contributed by atoms with Crippen LogP contribution in [0.5, 0.6) is 0 Å². The quantitative estimate of drug-likeness (QED) is 0.795. The maximum Gasteiger partial charge on any atom is 0.227 e. The van der Waals surface area contributed by atoms with Crippen LogP contribution in [-0.4, -0.2) is 18.4 Å². The van der Waals surface area contributed by atoms with Crippen LogP contribution in [-0.2, 0) is 9.59 Å². The number of benzene rings is 1. The molecule has 0 radical (unpaired) electrons. The zero-order valence-electron chi connectivity index (χ0n) is 12.4. The normalized spacial score (nSPS) is 21.6. The zero-order valence-corrected chi connectivity index (χ0v) is 12.4. The van der Waals surface area contributed by atoms with E-state index in [1.54, 1.807) is 24.3 Å². The number of nitrogens with two attached hydrogens (primary N) is 1. The van der Waals surface area contributed by atoms with Crippen molar-refractivity contribution >= 4 is 23.2 Å². The highest BCUT2D eigenvalue weighted by atomic mass is 16.2. The van der Waals surface area contributed by atoms with Crippen molar-refractivity contribution in [2.45, 2.75) is 32.6 Å². The van der Waals surface area contributed by atoms with Gasteiger partial charge < -0.3 is 16.4 Å². The van der Waals surface area contributed by atoms with E-state index in [1.165, 1.54) is 6.92 Å². The van der Waals surface area contributed by atoms with Crippen molar-refractivity contribution in [3.8, 4) is 0 Å². The maximum atomic E-state index is 12.4. The number of amides is 2. The molecule has 5 nitrogen and oxygen atoms in total. The van der Waals surface area contributed by atoms with Crippen LogP contribution in [0.4, 0.5) is 11.4 Å². The summed E-state index contributed by atoms with van der Waals surface area (Å²) in [5.74, 6) is 0.244. The van der Waals surface area contributed by atoms with Gasteiger partial charge in [0.05, 0.1) is 0 Å². The molecule has 1 aliphatic rings. The molecule has 4 N–H and O–H groups in total. The van der Waals surface area contributed by atoms with Crippen LogP contribution in [0.3, 0.4) is 0 Å². The fourth-order valence-corrected chi connectivity index (χ4v) is 2.91. The van der Waals surface area contributed by atoms with Gasteiger partial charge in [0.25, 0.3) is 0 Å². The van der Waals surface area contributed by atoms with E-state index in [4.69, 9.17) is 5.73 Å². The Morgan fingerprint density at radius 1 is 1.10 bits per heavy atom. The highest BCUT2D eigenvalue weighted by Crippen LogP contribution is 2.30. The van der Waals surface area contributed by atoms with Crippen LogP contribution in [0.25, 0.3) is 0 Å². The number of carbonyl (C=O) groups is 2. The molecule has 21 heavy (non-hydrogen) atoms. The zero-order chi connectivity index (χ0) is 15.2. The molecule has 1 saturated carbocycles. The first-order valence-electron chi connectivity index (χ1n) is 7.48. The summed E-state index contributed by atoms with van der Waals surface area (Å²) in [6.45, 7) is 2.03. The molecule has 0 heterocycles. The maximum absolute atomic E-state index is 12.4. The SMILES string of the molecule is CC(=O)Nc1ccc(NC(=O)C2CCCCC2CN)cc1. The monoisotopic (exact) mass is 289 g/mol. The minimum atomic E-state index is -0.111. The second kappa shape index (κ2) is 7.22. The first kappa shape index (κ1) is 15.5. The predicted molar refractivity (Wildman–Crippen MR) is 83.9 cm³/mol. The standard InChI is InChI=1S/C16H23N3O2/c1-11(20)18-13-6-8-14(9-7-13)19-16(21)15-5-3-2-4-12(15)10-17/h6-9,12,15H,2-5,10,17H2,1H3,(H,18,20)(H,19,21). The van der Waals surface area contributed by atoms with E-state index >= 15 is 0 Å². The van der Waals surface area contributed by atoms with Gasteiger partial charge in [-0.3, -0.25) is 9.59 Å². The van der Waals surface area contributed by atoms with Gasteiger partial charge in [0.1, 0.15) is 0 Å². The summed E-state index contributed by atoms with van der Waals surface area (Å²) in [7, 11) is 0. The lowest BCUT2D eigenvalue weighted by Crippen LogP contribution is -2.35. The Labute approximate surface area is 125 Å². The third-order valence-corrected chi connectivity index (χ3v) is 4.02. The van der Waals surface area contributed by atoms with Crippen molar-refractivity contribution in [1.82, 2.24) is 0 Å². The molecule has 114 valence electrons. The number of anilines is 2.